The van der Waals surface area contributed by atoms with E-state index < -0.39 is 11.9 Å². The average molecular weight is 357 g/mol. The topological polar surface area (TPSA) is 82.4 Å². The molecule has 0 radical (unpaired) electrons. The normalized spacial score (nSPS) is 10.8. The van der Waals surface area contributed by atoms with E-state index in [0.29, 0.717) is 18.0 Å². The molecule has 1 aromatic carbocycles. The number of rotatable bonds is 7. The number of amides is 1. The zero-order valence-electron chi connectivity index (χ0n) is 15.4. The third kappa shape index (κ3) is 5.20. The van der Waals surface area contributed by atoms with E-state index in [0.717, 1.165) is 17.0 Å². The number of esters is 1. The number of aryl methyl sites for hydroxylation is 2. The van der Waals surface area contributed by atoms with E-state index in [1.807, 2.05) is 38.1 Å². The Hall–Kier alpha value is -3.09. The lowest BCUT2D eigenvalue weighted by Crippen LogP contribution is -2.20. The summed E-state index contributed by atoms with van der Waals surface area (Å²) >= 11 is 0. The Morgan fingerprint density at radius 2 is 1.92 bits per heavy atom. The van der Waals surface area contributed by atoms with Gasteiger partial charge in [-0.25, -0.2) is 4.79 Å². The highest BCUT2D eigenvalue weighted by molar-refractivity contribution is 5.95. The van der Waals surface area contributed by atoms with E-state index in [2.05, 4.69) is 10.4 Å². The number of aromatic nitrogens is 2. The van der Waals surface area contributed by atoms with Crippen molar-refractivity contribution in [1.29, 1.82) is 0 Å². The summed E-state index contributed by atoms with van der Waals surface area (Å²) in [6, 6.07) is 7.30. The Kier molecular flexibility index (Phi) is 6.54. The molecule has 0 aliphatic heterocycles. The number of nitrogens with zero attached hydrogens (tertiary/aromatic N) is 2. The number of hydrogen-bond acceptors (Lipinski definition) is 5. The molecule has 138 valence electrons. The van der Waals surface area contributed by atoms with Crippen LogP contribution in [0.5, 0.6) is 5.75 Å². The maximum Gasteiger partial charge on any atom is 0.331 e. The minimum atomic E-state index is -0.589. The van der Waals surface area contributed by atoms with Gasteiger partial charge in [-0.2, -0.15) is 5.10 Å². The molecule has 0 bridgehead atoms. The molecular weight excluding hydrogens is 334 g/mol. The molecule has 2 aromatic rings. The molecule has 1 amide bonds. The third-order valence-electron chi connectivity index (χ3n) is 3.72. The van der Waals surface area contributed by atoms with E-state index in [9.17, 15) is 9.59 Å². The van der Waals surface area contributed by atoms with Crippen LogP contribution in [0.15, 0.2) is 30.3 Å². The van der Waals surface area contributed by atoms with Gasteiger partial charge in [-0.15, -0.1) is 0 Å². The van der Waals surface area contributed by atoms with Gasteiger partial charge >= 0.3 is 5.97 Å². The van der Waals surface area contributed by atoms with Crippen LogP contribution in [0.1, 0.15) is 23.9 Å². The van der Waals surface area contributed by atoms with Gasteiger partial charge in [0.05, 0.1) is 23.7 Å². The quantitative estimate of drug-likeness (QED) is 0.608. The number of nitrogens with one attached hydrogen (secondary N) is 1. The molecule has 1 aromatic heterocycles. The second-order valence-electron chi connectivity index (χ2n) is 5.66. The molecule has 0 unspecified atom stereocenters. The first-order valence-corrected chi connectivity index (χ1v) is 8.28. The van der Waals surface area contributed by atoms with Gasteiger partial charge in [0.2, 0.25) is 0 Å². The van der Waals surface area contributed by atoms with E-state index >= 15 is 0 Å². The number of hydrogen-bond donors (Lipinski definition) is 1. The van der Waals surface area contributed by atoms with Crippen molar-refractivity contribution in [3.05, 3.63) is 47.3 Å². The fourth-order valence-corrected chi connectivity index (χ4v) is 2.32. The zero-order chi connectivity index (χ0) is 19.1. The molecule has 0 saturated carbocycles. The lowest BCUT2D eigenvalue weighted by atomic mass is 10.2. The lowest BCUT2D eigenvalue weighted by Gasteiger charge is -2.06. The number of ether oxygens (including phenoxy) is 2. The van der Waals surface area contributed by atoms with Crippen LogP contribution in [0, 0.1) is 13.8 Å². The second kappa shape index (κ2) is 8.84. The van der Waals surface area contributed by atoms with Crippen molar-refractivity contribution in [2.24, 2.45) is 7.05 Å². The highest BCUT2D eigenvalue weighted by atomic mass is 16.5. The van der Waals surface area contributed by atoms with Crippen LogP contribution >= 0.6 is 0 Å². The average Bonchev–Trinajstić information content (AvgIpc) is 2.86. The SMILES string of the molecule is CCOc1ccc(/C=C/C(=O)OCC(=O)Nc2c(C)nn(C)c2C)cc1. The molecule has 2 rings (SSSR count). The maximum atomic E-state index is 11.9. The van der Waals surface area contributed by atoms with E-state index in [1.165, 1.54) is 6.08 Å². The fourth-order valence-electron chi connectivity index (χ4n) is 2.32. The molecule has 0 atom stereocenters. The van der Waals surface area contributed by atoms with Crippen LogP contribution in [0.4, 0.5) is 5.69 Å². The van der Waals surface area contributed by atoms with Gasteiger partial charge in [0.25, 0.3) is 5.91 Å². The summed E-state index contributed by atoms with van der Waals surface area (Å²) in [5, 5.41) is 6.92. The Labute approximate surface area is 152 Å². The van der Waals surface area contributed by atoms with Gasteiger partial charge in [0.1, 0.15) is 5.75 Å². The molecule has 1 N–H and O–H groups in total. The molecule has 0 aliphatic rings. The van der Waals surface area contributed by atoms with Gasteiger partial charge in [-0.3, -0.25) is 9.48 Å². The van der Waals surface area contributed by atoms with Gasteiger partial charge in [-0.05, 0) is 44.5 Å². The first-order chi connectivity index (χ1) is 12.4. The largest absolute Gasteiger partial charge is 0.494 e. The summed E-state index contributed by atoms with van der Waals surface area (Å²) in [6.07, 6.45) is 2.90. The molecule has 0 fully saturated rings. The number of anilines is 1. The second-order valence-corrected chi connectivity index (χ2v) is 5.66. The lowest BCUT2D eigenvalue weighted by molar-refractivity contribution is -0.142. The predicted octanol–water partition coefficient (Wildman–Crippen LogP) is 2.63. The smallest absolute Gasteiger partial charge is 0.331 e. The summed E-state index contributed by atoms with van der Waals surface area (Å²) in [7, 11) is 1.80. The van der Waals surface area contributed by atoms with Crippen LogP contribution in [0.25, 0.3) is 6.08 Å². The highest BCUT2D eigenvalue weighted by Gasteiger charge is 2.13. The molecule has 26 heavy (non-hydrogen) atoms. The first kappa shape index (κ1) is 19.2. The zero-order valence-corrected chi connectivity index (χ0v) is 15.4. The van der Waals surface area contributed by atoms with Crippen molar-refractivity contribution < 1.29 is 19.1 Å². The fraction of sp³-hybridized carbons (Fsp3) is 0.316. The molecular formula is C19H23N3O4. The van der Waals surface area contributed by atoms with E-state index in [-0.39, 0.29) is 6.61 Å². The summed E-state index contributed by atoms with van der Waals surface area (Å²) in [4.78, 5) is 23.7. The van der Waals surface area contributed by atoms with Crippen LogP contribution in [-0.4, -0.2) is 34.9 Å². The van der Waals surface area contributed by atoms with Gasteiger partial charge < -0.3 is 14.8 Å². The van der Waals surface area contributed by atoms with Crippen LogP contribution < -0.4 is 10.1 Å². The summed E-state index contributed by atoms with van der Waals surface area (Å²) in [6.45, 7) is 5.80. The van der Waals surface area contributed by atoms with Gasteiger partial charge in [-0.1, -0.05) is 12.1 Å². The van der Waals surface area contributed by atoms with Crippen molar-refractivity contribution in [2.45, 2.75) is 20.8 Å². The summed E-state index contributed by atoms with van der Waals surface area (Å²) < 4.78 is 12.0. The molecule has 7 nitrogen and oxygen atoms in total. The molecule has 1 heterocycles. The van der Waals surface area contributed by atoms with Crippen LogP contribution in [0.2, 0.25) is 0 Å². The third-order valence-corrected chi connectivity index (χ3v) is 3.72. The van der Waals surface area contributed by atoms with Gasteiger partial charge in [0.15, 0.2) is 6.61 Å². The minimum absolute atomic E-state index is 0.361. The first-order valence-electron chi connectivity index (χ1n) is 8.28. The van der Waals surface area contributed by atoms with Crippen LogP contribution in [-0.2, 0) is 21.4 Å². The maximum absolute atomic E-state index is 11.9. The summed E-state index contributed by atoms with van der Waals surface area (Å²) in [5.74, 6) is -0.231. The van der Waals surface area contributed by atoms with Crippen molar-refractivity contribution in [2.75, 3.05) is 18.5 Å². The molecule has 0 aliphatic carbocycles. The minimum Gasteiger partial charge on any atom is -0.494 e. The molecule has 0 saturated heterocycles. The van der Waals surface area contributed by atoms with Gasteiger partial charge in [0, 0.05) is 13.1 Å². The number of carbonyl (C=O) groups is 2. The Morgan fingerprint density at radius 1 is 1.23 bits per heavy atom. The Morgan fingerprint density at radius 3 is 2.50 bits per heavy atom. The van der Waals surface area contributed by atoms with Crippen molar-refractivity contribution in [3.8, 4) is 5.75 Å². The van der Waals surface area contributed by atoms with Crippen molar-refractivity contribution >= 4 is 23.6 Å². The molecule has 0 spiro atoms. The monoisotopic (exact) mass is 357 g/mol. The molecule has 7 heteroatoms. The van der Waals surface area contributed by atoms with E-state index in [4.69, 9.17) is 9.47 Å². The van der Waals surface area contributed by atoms with Crippen molar-refractivity contribution in [3.63, 3.8) is 0 Å². The van der Waals surface area contributed by atoms with Crippen molar-refractivity contribution in [1.82, 2.24) is 9.78 Å². The Bertz CT molecular complexity index is 807. The number of benzene rings is 1. The predicted molar refractivity (Wildman–Crippen MR) is 98.9 cm³/mol. The van der Waals surface area contributed by atoms with Crippen LogP contribution in [0.3, 0.4) is 0 Å². The number of carbonyl (C=O) groups excluding carboxylic acids is 2. The Balaban J connectivity index is 1.83. The standard InChI is InChI=1S/C19H23N3O4/c1-5-25-16-9-6-15(7-10-16)8-11-18(24)26-12-17(23)20-19-13(2)21-22(4)14(19)3/h6-11H,5,12H2,1-4H3,(H,20,23)/b11-8+. The highest BCUT2D eigenvalue weighted by Crippen LogP contribution is 2.18. The summed E-state index contributed by atoms with van der Waals surface area (Å²) in [5.41, 5.74) is 3.01. The van der Waals surface area contributed by atoms with E-state index in [1.54, 1.807) is 24.7 Å².